The molecule has 0 heterocycles. The van der Waals surface area contributed by atoms with E-state index >= 15 is 0 Å². The molecule has 0 aromatic heterocycles. The molecule has 0 spiro atoms. The number of carbonyl (C=O) groups is 2. The predicted molar refractivity (Wildman–Crippen MR) is 62.3 cm³/mol. The maximum absolute atomic E-state index is 11.6. The van der Waals surface area contributed by atoms with E-state index in [1.807, 2.05) is 6.92 Å². The summed E-state index contributed by atoms with van der Waals surface area (Å²) in [5.74, 6) is -1.12. The molecular formula is C11H22N2O3. The first-order chi connectivity index (χ1) is 7.40. The molecule has 0 rings (SSSR count). The second-order valence-corrected chi connectivity index (χ2v) is 4.28. The number of nitrogens with one attached hydrogen (secondary N) is 1. The second-order valence-electron chi connectivity index (χ2n) is 4.28. The molecule has 1 atom stereocenters. The molecule has 0 radical (unpaired) electrons. The summed E-state index contributed by atoms with van der Waals surface area (Å²) in [6.07, 6.45) is 1.92. The van der Waals surface area contributed by atoms with E-state index in [2.05, 4.69) is 5.32 Å². The summed E-state index contributed by atoms with van der Waals surface area (Å²) in [7, 11) is 1.67. The smallest absolute Gasteiger partial charge is 0.326 e. The van der Waals surface area contributed by atoms with Gasteiger partial charge in [0.25, 0.3) is 0 Å². The SMILES string of the molecule is CCCCN(C)C(=O)N[C@H](C(=O)O)C(C)C. The summed E-state index contributed by atoms with van der Waals surface area (Å²) in [6.45, 7) is 6.23. The maximum Gasteiger partial charge on any atom is 0.326 e. The van der Waals surface area contributed by atoms with E-state index in [0.29, 0.717) is 6.54 Å². The number of carbonyl (C=O) groups excluding carboxylic acids is 1. The molecule has 16 heavy (non-hydrogen) atoms. The van der Waals surface area contributed by atoms with Gasteiger partial charge in [-0.3, -0.25) is 0 Å². The van der Waals surface area contributed by atoms with Crippen LogP contribution in [0.4, 0.5) is 4.79 Å². The van der Waals surface area contributed by atoms with Crippen molar-refractivity contribution in [2.24, 2.45) is 5.92 Å². The fraction of sp³-hybridized carbons (Fsp3) is 0.818. The van der Waals surface area contributed by atoms with Crippen LogP contribution in [0.15, 0.2) is 0 Å². The minimum atomic E-state index is -0.993. The lowest BCUT2D eigenvalue weighted by Crippen LogP contribution is -2.49. The van der Waals surface area contributed by atoms with Crippen molar-refractivity contribution in [2.45, 2.75) is 39.7 Å². The van der Waals surface area contributed by atoms with Crippen molar-refractivity contribution in [2.75, 3.05) is 13.6 Å². The summed E-state index contributed by atoms with van der Waals surface area (Å²) in [6, 6.07) is -1.15. The highest BCUT2D eigenvalue weighted by atomic mass is 16.4. The zero-order valence-electron chi connectivity index (χ0n) is 10.5. The Balaban J connectivity index is 4.24. The Morgan fingerprint density at radius 3 is 2.31 bits per heavy atom. The lowest BCUT2D eigenvalue weighted by atomic mass is 10.1. The van der Waals surface area contributed by atoms with Gasteiger partial charge in [0, 0.05) is 13.6 Å². The largest absolute Gasteiger partial charge is 0.480 e. The molecule has 0 fully saturated rings. The number of nitrogens with zero attached hydrogens (tertiary/aromatic N) is 1. The molecule has 0 aliphatic carbocycles. The number of hydrogen-bond donors (Lipinski definition) is 2. The molecule has 0 aliphatic rings. The molecule has 94 valence electrons. The molecular weight excluding hydrogens is 208 g/mol. The summed E-state index contributed by atoms with van der Waals surface area (Å²) in [5.41, 5.74) is 0. The highest BCUT2D eigenvalue weighted by molar-refractivity contribution is 5.82. The minimum Gasteiger partial charge on any atom is -0.480 e. The summed E-state index contributed by atoms with van der Waals surface area (Å²) in [5, 5.41) is 11.4. The molecule has 0 saturated carbocycles. The van der Waals surface area contributed by atoms with E-state index in [1.54, 1.807) is 20.9 Å². The van der Waals surface area contributed by atoms with Crippen molar-refractivity contribution in [1.82, 2.24) is 10.2 Å². The van der Waals surface area contributed by atoms with Crippen molar-refractivity contribution >= 4 is 12.0 Å². The first-order valence-corrected chi connectivity index (χ1v) is 5.64. The van der Waals surface area contributed by atoms with Crippen molar-refractivity contribution in [3.05, 3.63) is 0 Å². The zero-order valence-corrected chi connectivity index (χ0v) is 10.5. The maximum atomic E-state index is 11.6. The predicted octanol–water partition coefficient (Wildman–Crippen LogP) is 1.54. The number of amides is 2. The van der Waals surface area contributed by atoms with Gasteiger partial charge >= 0.3 is 12.0 Å². The molecule has 2 N–H and O–H groups in total. The zero-order chi connectivity index (χ0) is 12.7. The van der Waals surface area contributed by atoms with E-state index < -0.39 is 12.0 Å². The number of urea groups is 1. The summed E-state index contributed by atoms with van der Waals surface area (Å²) >= 11 is 0. The van der Waals surface area contributed by atoms with Crippen LogP contribution in [0.5, 0.6) is 0 Å². The summed E-state index contributed by atoms with van der Waals surface area (Å²) in [4.78, 5) is 24.0. The van der Waals surface area contributed by atoms with Gasteiger partial charge in [0.05, 0.1) is 0 Å². The fourth-order valence-corrected chi connectivity index (χ4v) is 1.25. The van der Waals surface area contributed by atoms with Crippen LogP contribution >= 0.6 is 0 Å². The topological polar surface area (TPSA) is 69.6 Å². The highest BCUT2D eigenvalue weighted by Gasteiger charge is 2.24. The van der Waals surface area contributed by atoms with Gasteiger partial charge in [-0.05, 0) is 12.3 Å². The van der Waals surface area contributed by atoms with Crippen LogP contribution in [-0.4, -0.2) is 41.6 Å². The van der Waals surface area contributed by atoms with Gasteiger partial charge in [-0.25, -0.2) is 9.59 Å². The van der Waals surface area contributed by atoms with Crippen molar-refractivity contribution in [3.8, 4) is 0 Å². The van der Waals surface area contributed by atoms with E-state index in [9.17, 15) is 9.59 Å². The van der Waals surface area contributed by atoms with Gasteiger partial charge in [0.15, 0.2) is 0 Å². The number of unbranched alkanes of at least 4 members (excludes halogenated alkanes) is 1. The van der Waals surface area contributed by atoms with Crippen LogP contribution in [0.2, 0.25) is 0 Å². The Labute approximate surface area is 96.8 Å². The second kappa shape index (κ2) is 7.09. The Hall–Kier alpha value is -1.26. The van der Waals surface area contributed by atoms with Gasteiger partial charge in [-0.15, -0.1) is 0 Å². The van der Waals surface area contributed by atoms with Crippen molar-refractivity contribution in [3.63, 3.8) is 0 Å². The Morgan fingerprint density at radius 2 is 1.94 bits per heavy atom. The first-order valence-electron chi connectivity index (χ1n) is 5.64. The molecule has 5 heteroatoms. The third kappa shape index (κ3) is 5.00. The third-order valence-electron chi connectivity index (χ3n) is 2.41. The van der Waals surface area contributed by atoms with E-state index in [1.165, 1.54) is 4.90 Å². The number of carboxylic acids is 1. The normalized spacial score (nSPS) is 12.3. The van der Waals surface area contributed by atoms with E-state index in [-0.39, 0.29) is 11.9 Å². The van der Waals surface area contributed by atoms with Gasteiger partial charge < -0.3 is 15.3 Å². The first kappa shape index (κ1) is 14.7. The average molecular weight is 230 g/mol. The third-order valence-corrected chi connectivity index (χ3v) is 2.41. The Morgan fingerprint density at radius 1 is 1.38 bits per heavy atom. The van der Waals surface area contributed by atoms with E-state index in [4.69, 9.17) is 5.11 Å². The number of rotatable bonds is 6. The lowest BCUT2D eigenvalue weighted by molar-refractivity contribution is -0.140. The van der Waals surface area contributed by atoms with Gasteiger partial charge in [0.1, 0.15) is 6.04 Å². The number of aliphatic carboxylic acids is 1. The van der Waals surface area contributed by atoms with Crippen LogP contribution in [-0.2, 0) is 4.79 Å². The Bertz CT molecular complexity index is 241. The molecule has 0 bridgehead atoms. The molecule has 0 aromatic carbocycles. The van der Waals surface area contributed by atoms with Crippen LogP contribution in [0.3, 0.4) is 0 Å². The van der Waals surface area contributed by atoms with Crippen LogP contribution < -0.4 is 5.32 Å². The summed E-state index contributed by atoms with van der Waals surface area (Å²) < 4.78 is 0. The van der Waals surface area contributed by atoms with Crippen molar-refractivity contribution < 1.29 is 14.7 Å². The number of hydrogen-bond acceptors (Lipinski definition) is 2. The highest BCUT2D eigenvalue weighted by Crippen LogP contribution is 2.03. The molecule has 2 amide bonds. The van der Waals surface area contributed by atoms with Gasteiger partial charge in [-0.2, -0.15) is 0 Å². The standard InChI is InChI=1S/C11H22N2O3/c1-5-6-7-13(4)11(16)12-9(8(2)3)10(14)15/h8-9H,5-7H2,1-4H3,(H,12,16)(H,14,15)/t9-/m0/s1. The lowest BCUT2D eigenvalue weighted by Gasteiger charge is -2.23. The monoisotopic (exact) mass is 230 g/mol. The minimum absolute atomic E-state index is 0.124. The Kier molecular flexibility index (Phi) is 6.53. The fourth-order valence-electron chi connectivity index (χ4n) is 1.25. The van der Waals surface area contributed by atoms with Crippen LogP contribution in [0, 0.1) is 5.92 Å². The quantitative estimate of drug-likeness (QED) is 0.727. The van der Waals surface area contributed by atoms with E-state index in [0.717, 1.165) is 12.8 Å². The van der Waals surface area contributed by atoms with Crippen molar-refractivity contribution in [1.29, 1.82) is 0 Å². The van der Waals surface area contributed by atoms with Crippen LogP contribution in [0.25, 0.3) is 0 Å². The van der Waals surface area contributed by atoms with Gasteiger partial charge in [0.2, 0.25) is 0 Å². The molecule has 0 unspecified atom stereocenters. The number of carboxylic acid groups (broad SMARTS) is 1. The average Bonchev–Trinajstić information content (AvgIpc) is 2.20. The molecule has 0 aromatic rings. The molecule has 5 nitrogen and oxygen atoms in total. The van der Waals surface area contributed by atoms with Crippen LogP contribution in [0.1, 0.15) is 33.6 Å². The molecule has 0 saturated heterocycles. The van der Waals surface area contributed by atoms with Gasteiger partial charge in [-0.1, -0.05) is 27.2 Å². The molecule has 0 aliphatic heterocycles.